The van der Waals surface area contributed by atoms with E-state index in [2.05, 4.69) is 15.3 Å². The first-order chi connectivity index (χ1) is 14.2. The Morgan fingerprint density at radius 1 is 1.17 bits per heavy atom. The standard InChI is InChI=1S/C18H21N5O6S/c19-14-13(16(27)23-18(20)22-14)30-8-7-9-1-3-10(4-2-9)15(26)21-11(17(28)29)5-6-12(24)25/h1-4,11H,5-8H2,(H,21,26)(H,24,25)(H,28,29)(H5,19,20,22,23,27)/t11-/m0/s1. The Hall–Kier alpha value is -3.54. The zero-order valence-corrected chi connectivity index (χ0v) is 16.6. The third-order valence-corrected chi connectivity index (χ3v) is 5.12. The van der Waals surface area contributed by atoms with Crippen molar-refractivity contribution in [1.29, 1.82) is 0 Å². The fraction of sp³-hybridized carbons (Fsp3) is 0.278. The number of nitrogens with one attached hydrogen (secondary N) is 2. The fourth-order valence-corrected chi connectivity index (χ4v) is 3.42. The van der Waals surface area contributed by atoms with Crippen molar-refractivity contribution in [3.05, 3.63) is 45.7 Å². The molecule has 0 aliphatic heterocycles. The van der Waals surface area contributed by atoms with Gasteiger partial charge in [0.05, 0.1) is 0 Å². The van der Waals surface area contributed by atoms with E-state index in [-0.39, 0.29) is 35.1 Å². The number of hydrogen-bond donors (Lipinski definition) is 6. The average Bonchev–Trinajstić information content (AvgIpc) is 2.67. The van der Waals surface area contributed by atoms with E-state index in [4.69, 9.17) is 21.7 Å². The summed E-state index contributed by atoms with van der Waals surface area (Å²) in [7, 11) is 0. The number of nitrogen functional groups attached to an aromatic ring is 2. The third kappa shape index (κ3) is 6.51. The van der Waals surface area contributed by atoms with Crippen LogP contribution in [0.5, 0.6) is 0 Å². The minimum atomic E-state index is -1.30. The SMILES string of the molecule is Nc1nc(N)c(SCCc2ccc(C(=O)N[C@@H](CCC(=O)O)C(=O)O)cc2)c(=O)[nH]1. The molecule has 30 heavy (non-hydrogen) atoms. The van der Waals surface area contributed by atoms with Gasteiger partial charge >= 0.3 is 11.9 Å². The highest BCUT2D eigenvalue weighted by molar-refractivity contribution is 7.99. The van der Waals surface area contributed by atoms with E-state index in [1.165, 1.54) is 23.9 Å². The van der Waals surface area contributed by atoms with Crippen LogP contribution in [-0.4, -0.2) is 49.8 Å². The van der Waals surface area contributed by atoms with Crippen LogP contribution in [0.1, 0.15) is 28.8 Å². The summed E-state index contributed by atoms with van der Waals surface area (Å²) in [6, 6.07) is 5.20. The van der Waals surface area contributed by atoms with Gasteiger partial charge in [-0.3, -0.25) is 19.4 Å². The number of thioether (sulfide) groups is 1. The van der Waals surface area contributed by atoms with Gasteiger partial charge < -0.3 is 27.0 Å². The Bertz CT molecular complexity index is 992. The number of nitrogens with two attached hydrogens (primary N) is 2. The largest absolute Gasteiger partial charge is 0.481 e. The molecule has 0 bridgehead atoms. The fourth-order valence-electron chi connectivity index (χ4n) is 2.50. The number of carbonyl (C=O) groups is 3. The lowest BCUT2D eigenvalue weighted by Gasteiger charge is -2.13. The van der Waals surface area contributed by atoms with Gasteiger partial charge in [0.1, 0.15) is 16.8 Å². The summed E-state index contributed by atoms with van der Waals surface area (Å²) in [4.78, 5) is 52.3. The Balaban J connectivity index is 1.92. The summed E-state index contributed by atoms with van der Waals surface area (Å²) in [6.07, 6.45) is -0.00905. The van der Waals surface area contributed by atoms with E-state index in [0.717, 1.165) is 5.56 Å². The lowest BCUT2D eigenvalue weighted by Crippen LogP contribution is -2.41. The van der Waals surface area contributed by atoms with Crippen molar-refractivity contribution >= 4 is 41.4 Å². The summed E-state index contributed by atoms with van der Waals surface area (Å²) in [5, 5.41) is 20.1. The van der Waals surface area contributed by atoms with Crippen LogP contribution in [0, 0.1) is 0 Å². The summed E-state index contributed by atoms with van der Waals surface area (Å²) in [5.74, 6) is -2.52. The van der Waals surface area contributed by atoms with Crippen LogP contribution in [0.3, 0.4) is 0 Å². The van der Waals surface area contributed by atoms with E-state index >= 15 is 0 Å². The molecule has 11 nitrogen and oxygen atoms in total. The lowest BCUT2D eigenvalue weighted by molar-refractivity contribution is -0.140. The van der Waals surface area contributed by atoms with E-state index in [9.17, 15) is 19.2 Å². The van der Waals surface area contributed by atoms with Crippen molar-refractivity contribution in [3.63, 3.8) is 0 Å². The number of aryl methyl sites for hydroxylation is 1. The number of rotatable bonds is 10. The highest BCUT2D eigenvalue weighted by atomic mass is 32.2. The zero-order chi connectivity index (χ0) is 22.3. The van der Waals surface area contributed by atoms with E-state index in [1.807, 2.05) is 0 Å². The molecular formula is C18H21N5O6S. The molecule has 0 aliphatic rings. The van der Waals surface area contributed by atoms with E-state index < -0.39 is 29.4 Å². The van der Waals surface area contributed by atoms with Gasteiger partial charge in [0.15, 0.2) is 0 Å². The van der Waals surface area contributed by atoms with Gasteiger partial charge in [-0.1, -0.05) is 12.1 Å². The minimum absolute atomic E-state index is 0.0520. The number of aromatic nitrogens is 2. The van der Waals surface area contributed by atoms with Crippen molar-refractivity contribution in [1.82, 2.24) is 15.3 Å². The van der Waals surface area contributed by atoms with Gasteiger partial charge in [-0.05, 0) is 30.5 Å². The molecule has 1 amide bonds. The maximum Gasteiger partial charge on any atom is 0.326 e. The Morgan fingerprint density at radius 3 is 2.40 bits per heavy atom. The molecule has 12 heteroatoms. The number of hydrogen-bond acceptors (Lipinski definition) is 8. The quantitative estimate of drug-likeness (QED) is 0.282. The Labute approximate surface area is 174 Å². The first kappa shape index (κ1) is 22.7. The highest BCUT2D eigenvalue weighted by Gasteiger charge is 2.21. The predicted molar refractivity (Wildman–Crippen MR) is 110 cm³/mol. The van der Waals surface area contributed by atoms with Gasteiger partial charge in [0, 0.05) is 17.7 Å². The number of amides is 1. The van der Waals surface area contributed by atoms with Crippen molar-refractivity contribution in [3.8, 4) is 0 Å². The number of aromatic amines is 1. The molecule has 0 fully saturated rings. The Morgan fingerprint density at radius 2 is 1.83 bits per heavy atom. The summed E-state index contributed by atoms with van der Waals surface area (Å²) in [5.41, 5.74) is 11.8. The molecule has 0 unspecified atom stereocenters. The van der Waals surface area contributed by atoms with Crippen LogP contribution in [-0.2, 0) is 16.0 Å². The Kier molecular flexibility index (Phi) is 7.81. The zero-order valence-electron chi connectivity index (χ0n) is 15.8. The normalized spacial score (nSPS) is 11.6. The van der Waals surface area contributed by atoms with E-state index in [0.29, 0.717) is 12.2 Å². The summed E-state index contributed by atoms with van der Waals surface area (Å²) < 4.78 is 0. The van der Waals surface area contributed by atoms with Crippen LogP contribution < -0.4 is 22.3 Å². The van der Waals surface area contributed by atoms with Crippen molar-refractivity contribution in [2.45, 2.75) is 30.2 Å². The monoisotopic (exact) mass is 435 g/mol. The second-order valence-corrected chi connectivity index (χ2v) is 7.36. The molecule has 2 rings (SSSR count). The maximum atomic E-state index is 12.2. The summed E-state index contributed by atoms with van der Waals surface area (Å²) in [6.45, 7) is 0. The van der Waals surface area contributed by atoms with Crippen LogP contribution >= 0.6 is 11.8 Å². The molecule has 1 heterocycles. The molecule has 0 saturated heterocycles. The highest BCUT2D eigenvalue weighted by Crippen LogP contribution is 2.20. The van der Waals surface area contributed by atoms with E-state index in [1.54, 1.807) is 12.1 Å². The number of carboxylic acid groups (broad SMARTS) is 2. The molecule has 0 spiro atoms. The molecule has 1 atom stereocenters. The third-order valence-electron chi connectivity index (χ3n) is 4.02. The summed E-state index contributed by atoms with van der Waals surface area (Å²) >= 11 is 1.23. The molecule has 160 valence electrons. The number of anilines is 2. The molecule has 0 saturated carbocycles. The predicted octanol–water partition coefficient (Wildman–Crippen LogP) is 0.317. The van der Waals surface area contributed by atoms with Crippen molar-refractivity contribution in [2.24, 2.45) is 0 Å². The van der Waals surface area contributed by atoms with Crippen LogP contribution in [0.15, 0.2) is 34.0 Å². The molecule has 8 N–H and O–H groups in total. The second kappa shape index (κ2) is 10.3. The van der Waals surface area contributed by atoms with Crippen molar-refractivity contribution in [2.75, 3.05) is 17.2 Å². The maximum absolute atomic E-state index is 12.2. The molecule has 0 aliphatic carbocycles. The number of nitrogens with zero attached hydrogens (tertiary/aromatic N) is 1. The molecule has 0 radical (unpaired) electrons. The van der Waals surface area contributed by atoms with Gasteiger partial charge in [0.2, 0.25) is 5.95 Å². The lowest BCUT2D eigenvalue weighted by atomic mass is 10.1. The molecule has 1 aromatic heterocycles. The first-order valence-corrected chi connectivity index (χ1v) is 9.78. The molecule has 2 aromatic rings. The topological polar surface area (TPSA) is 201 Å². The first-order valence-electron chi connectivity index (χ1n) is 8.80. The number of benzene rings is 1. The minimum Gasteiger partial charge on any atom is -0.481 e. The van der Waals surface area contributed by atoms with Gasteiger partial charge in [-0.25, -0.2) is 4.79 Å². The average molecular weight is 435 g/mol. The van der Waals surface area contributed by atoms with Crippen LogP contribution in [0.4, 0.5) is 11.8 Å². The smallest absolute Gasteiger partial charge is 0.326 e. The second-order valence-electron chi connectivity index (χ2n) is 6.26. The number of carboxylic acids is 2. The number of carbonyl (C=O) groups excluding carboxylic acids is 1. The molecular weight excluding hydrogens is 414 g/mol. The van der Waals surface area contributed by atoms with Crippen LogP contribution in [0.2, 0.25) is 0 Å². The van der Waals surface area contributed by atoms with Gasteiger partial charge in [0.25, 0.3) is 11.5 Å². The van der Waals surface area contributed by atoms with Crippen molar-refractivity contribution < 1.29 is 24.6 Å². The van der Waals surface area contributed by atoms with Gasteiger partial charge in [-0.2, -0.15) is 4.98 Å². The number of aliphatic carboxylic acids is 2. The molecule has 1 aromatic carbocycles. The number of H-pyrrole nitrogens is 1. The van der Waals surface area contributed by atoms with Crippen LogP contribution in [0.25, 0.3) is 0 Å². The van der Waals surface area contributed by atoms with Gasteiger partial charge in [-0.15, -0.1) is 11.8 Å².